The van der Waals surface area contributed by atoms with Crippen LogP contribution in [-0.4, -0.2) is 11.5 Å². The molecule has 0 spiro atoms. The second-order valence-corrected chi connectivity index (χ2v) is 5.23. The molecule has 0 atom stereocenters. The van der Waals surface area contributed by atoms with Crippen molar-refractivity contribution >= 4 is 16.5 Å². The third kappa shape index (κ3) is 2.64. The van der Waals surface area contributed by atoms with E-state index in [0.29, 0.717) is 0 Å². The Morgan fingerprint density at radius 2 is 2.06 bits per heavy atom. The molecule has 1 aliphatic rings. The average molecular weight is 248 g/mol. The summed E-state index contributed by atoms with van der Waals surface area (Å²) in [6.07, 6.45) is 2.67. The highest BCUT2D eigenvalue weighted by Crippen LogP contribution is 2.30. The van der Waals surface area contributed by atoms with Crippen LogP contribution < -0.4 is 5.32 Å². The Morgan fingerprint density at radius 1 is 1.29 bits per heavy atom. The second-order valence-electron chi connectivity index (χ2n) is 4.37. The van der Waals surface area contributed by atoms with Gasteiger partial charge >= 0.3 is 0 Å². The largest absolute Gasteiger partial charge is 0.361 e. The number of halogens is 1. The number of benzene rings is 1. The Labute approximate surface area is 104 Å². The molecule has 0 bridgehead atoms. The minimum atomic E-state index is -0.212. The van der Waals surface area contributed by atoms with Crippen LogP contribution in [-0.2, 0) is 0 Å². The number of thiazole rings is 1. The number of nitrogens with zero attached hydrogens (tertiary/aromatic N) is 1. The zero-order valence-electron chi connectivity index (χ0n) is 9.32. The van der Waals surface area contributed by atoms with Crippen LogP contribution >= 0.6 is 11.3 Å². The molecule has 0 amide bonds. The SMILES string of the molecule is Fc1ccc(-c2csc(NCC3CC3)n2)cc1. The van der Waals surface area contributed by atoms with Gasteiger partial charge in [-0.05, 0) is 43.0 Å². The van der Waals surface area contributed by atoms with Crippen LogP contribution in [0.15, 0.2) is 29.6 Å². The molecule has 3 rings (SSSR count). The summed E-state index contributed by atoms with van der Waals surface area (Å²) >= 11 is 1.60. The molecule has 1 aliphatic carbocycles. The first-order valence-electron chi connectivity index (χ1n) is 5.76. The lowest BCUT2D eigenvalue weighted by Gasteiger charge is -1.99. The number of hydrogen-bond donors (Lipinski definition) is 1. The van der Waals surface area contributed by atoms with Gasteiger partial charge in [-0.2, -0.15) is 0 Å². The minimum Gasteiger partial charge on any atom is -0.361 e. The van der Waals surface area contributed by atoms with Crippen molar-refractivity contribution in [2.24, 2.45) is 5.92 Å². The van der Waals surface area contributed by atoms with E-state index in [0.717, 1.165) is 28.9 Å². The molecule has 0 saturated heterocycles. The van der Waals surface area contributed by atoms with Crippen molar-refractivity contribution in [1.29, 1.82) is 0 Å². The van der Waals surface area contributed by atoms with Gasteiger partial charge in [0.1, 0.15) is 5.82 Å². The second kappa shape index (κ2) is 4.45. The predicted octanol–water partition coefficient (Wildman–Crippen LogP) is 3.77. The molecule has 1 fully saturated rings. The fourth-order valence-electron chi connectivity index (χ4n) is 1.66. The van der Waals surface area contributed by atoms with Gasteiger partial charge in [-0.3, -0.25) is 0 Å². The van der Waals surface area contributed by atoms with Gasteiger partial charge in [-0.25, -0.2) is 9.37 Å². The summed E-state index contributed by atoms with van der Waals surface area (Å²) in [7, 11) is 0. The maximum Gasteiger partial charge on any atom is 0.183 e. The molecule has 2 nitrogen and oxygen atoms in total. The number of anilines is 1. The van der Waals surface area contributed by atoms with Crippen LogP contribution in [0.5, 0.6) is 0 Å². The monoisotopic (exact) mass is 248 g/mol. The van der Waals surface area contributed by atoms with E-state index in [2.05, 4.69) is 10.3 Å². The number of aromatic nitrogens is 1. The minimum absolute atomic E-state index is 0.212. The van der Waals surface area contributed by atoms with Crippen LogP contribution in [0, 0.1) is 11.7 Å². The average Bonchev–Trinajstić information content (AvgIpc) is 3.06. The topological polar surface area (TPSA) is 24.9 Å². The molecule has 0 unspecified atom stereocenters. The van der Waals surface area contributed by atoms with E-state index in [1.807, 2.05) is 5.38 Å². The predicted molar refractivity (Wildman–Crippen MR) is 68.7 cm³/mol. The van der Waals surface area contributed by atoms with E-state index >= 15 is 0 Å². The Bertz CT molecular complexity index is 502. The van der Waals surface area contributed by atoms with Gasteiger partial charge < -0.3 is 5.32 Å². The van der Waals surface area contributed by atoms with Gasteiger partial charge in [-0.1, -0.05) is 0 Å². The van der Waals surface area contributed by atoms with Crippen LogP contribution in [0.1, 0.15) is 12.8 Å². The molecule has 88 valence electrons. The van der Waals surface area contributed by atoms with E-state index in [-0.39, 0.29) is 5.82 Å². The quantitative estimate of drug-likeness (QED) is 0.890. The summed E-state index contributed by atoms with van der Waals surface area (Å²) in [5, 5.41) is 6.30. The molecule has 2 aromatic rings. The molecule has 1 aromatic carbocycles. The van der Waals surface area contributed by atoms with Crippen LogP contribution in [0.4, 0.5) is 9.52 Å². The molecule has 1 aromatic heterocycles. The summed E-state index contributed by atoms with van der Waals surface area (Å²) in [4.78, 5) is 4.49. The van der Waals surface area contributed by atoms with E-state index in [9.17, 15) is 4.39 Å². The Hall–Kier alpha value is -1.42. The Kier molecular flexibility index (Phi) is 2.81. The standard InChI is InChI=1S/C13H13FN2S/c14-11-5-3-10(4-6-11)12-8-17-13(16-12)15-7-9-1-2-9/h3-6,8-9H,1-2,7H2,(H,15,16). The van der Waals surface area contributed by atoms with Gasteiger partial charge in [0.2, 0.25) is 0 Å². The van der Waals surface area contributed by atoms with E-state index in [1.54, 1.807) is 23.5 Å². The van der Waals surface area contributed by atoms with Gasteiger partial charge in [-0.15, -0.1) is 11.3 Å². The van der Waals surface area contributed by atoms with Crippen molar-refractivity contribution in [1.82, 2.24) is 4.98 Å². The zero-order chi connectivity index (χ0) is 11.7. The van der Waals surface area contributed by atoms with Crippen molar-refractivity contribution < 1.29 is 4.39 Å². The lowest BCUT2D eigenvalue weighted by molar-refractivity contribution is 0.628. The summed E-state index contributed by atoms with van der Waals surface area (Å²) in [5.74, 6) is 0.629. The van der Waals surface area contributed by atoms with E-state index < -0.39 is 0 Å². The van der Waals surface area contributed by atoms with Crippen molar-refractivity contribution in [3.05, 3.63) is 35.5 Å². The van der Waals surface area contributed by atoms with Gasteiger partial charge in [0.25, 0.3) is 0 Å². The van der Waals surface area contributed by atoms with Crippen molar-refractivity contribution in [3.8, 4) is 11.3 Å². The van der Waals surface area contributed by atoms with Crippen LogP contribution in [0.3, 0.4) is 0 Å². The molecule has 1 saturated carbocycles. The maximum atomic E-state index is 12.8. The van der Waals surface area contributed by atoms with Crippen molar-refractivity contribution in [3.63, 3.8) is 0 Å². The molecular weight excluding hydrogens is 235 g/mol. The molecular formula is C13H13FN2S. The maximum absolute atomic E-state index is 12.8. The summed E-state index contributed by atoms with van der Waals surface area (Å²) in [6.45, 7) is 1.02. The lowest BCUT2D eigenvalue weighted by atomic mass is 10.2. The molecule has 0 radical (unpaired) electrons. The van der Waals surface area contributed by atoms with Crippen LogP contribution in [0.25, 0.3) is 11.3 Å². The van der Waals surface area contributed by atoms with Crippen LogP contribution in [0.2, 0.25) is 0 Å². The van der Waals surface area contributed by atoms with Gasteiger partial charge in [0.15, 0.2) is 5.13 Å². The summed E-state index contributed by atoms with van der Waals surface area (Å²) < 4.78 is 12.8. The number of nitrogens with one attached hydrogen (secondary N) is 1. The third-order valence-corrected chi connectivity index (χ3v) is 3.68. The molecule has 4 heteroatoms. The van der Waals surface area contributed by atoms with Gasteiger partial charge in [0.05, 0.1) is 5.69 Å². The summed E-state index contributed by atoms with van der Waals surface area (Å²) in [6, 6.07) is 6.45. The lowest BCUT2D eigenvalue weighted by Crippen LogP contribution is -2.02. The number of rotatable bonds is 4. The first-order chi connectivity index (χ1) is 8.31. The Morgan fingerprint density at radius 3 is 2.76 bits per heavy atom. The normalized spacial score (nSPS) is 14.9. The highest BCUT2D eigenvalue weighted by molar-refractivity contribution is 7.14. The van der Waals surface area contributed by atoms with Gasteiger partial charge in [0, 0.05) is 17.5 Å². The fourth-order valence-corrected chi connectivity index (χ4v) is 2.39. The zero-order valence-corrected chi connectivity index (χ0v) is 10.1. The number of hydrogen-bond acceptors (Lipinski definition) is 3. The molecule has 1 N–H and O–H groups in total. The third-order valence-electron chi connectivity index (χ3n) is 2.88. The summed E-state index contributed by atoms with van der Waals surface area (Å²) in [5.41, 5.74) is 1.87. The van der Waals surface area contributed by atoms with E-state index in [1.165, 1.54) is 25.0 Å². The first-order valence-corrected chi connectivity index (χ1v) is 6.64. The first kappa shape index (κ1) is 10.7. The highest BCUT2D eigenvalue weighted by atomic mass is 32.1. The fraction of sp³-hybridized carbons (Fsp3) is 0.308. The Balaban J connectivity index is 1.72. The van der Waals surface area contributed by atoms with E-state index in [4.69, 9.17) is 0 Å². The molecule has 1 heterocycles. The smallest absolute Gasteiger partial charge is 0.183 e. The molecule has 17 heavy (non-hydrogen) atoms. The molecule has 0 aliphatic heterocycles. The van der Waals surface area contributed by atoms with Crippen molar-refractivity contribution in [2.75, 3.05) is 11.9 Å². The van der Waals surface area contributed by atoms with Crippen molar-refractivity contribution in [2.45, 2.75) is 12.8 Å². The highest BCUT2D eigenvalue weighted by Gasteiger charge is 2.21.